The number of halogens is 2. The average molecular weight is 453 g/mol. The summed E-state index contributed by atoms with van der Waals surface area (Å²) in [6.45, 7) is 0. The summed E-state index contributed by atoms with van der Waals surface area (Å²) in [7, 11) is 0. The lowest BCUT2D eigenvalue weighted by Gasteiger charge is -1.99. The molecule has 23 heavy (non-hydrogen) atoms. The summed E-state index contributed by atoms with van der Waals surface area (Å²) in [5, 5.41) is 14.9. The predicted octanol–water partition coefficient (Wildman–Crippen LogP) is 4.70. The van der Waals surface area contributed by atoms with Gasteiger partial charge >= 0.3 is 0 Å². The Bertz CT molecular complexity index is 977. The second-order valence-corrected chi connectivity index (χ2v) is 7.67. The Hall–Kier alpha value is -1.51. The van der Waals surface area contributed by atoms with Gasteiger partial charge in [-0.25, -0.2) is 0 Å². The third-order valence-electron chi connectivity index (χ3n) is 3.40. The van der Waals surface area contributed by atoms with Gasteiger partial charge in [0.05, 0.1) is 0 Å². The van der Waals surface area contributed by atoms with E-state index in [1.165, 1.54) is 3.57 Å². The van der Waals surface area contributed by atoms with Crippen molar-refractivity contribution in [1.29, 1.82) is 0 Å². The van der Waals surface area contributed by atoms with Crippen molar-refractivity contribution in [1.82, 2.24) is 19.8 Å². The Labute approximate surface area is 155 Å². The maximum atomic E-state index is 5.93. The molecule has 2 aromatic carbocycles. The first-order chi connectivity index (χ1) is 11.2. The number of hydrogen-bond donors (Lipinski definition) is 0. The van der Waals surface area contributed by atoms with E-state index in [2.05, 4.69) is 56.1 Å². The minimum Gasteiger partial charge on any atom is -0.187 e. The van der Waals surface area contributed by atoms with E-state index in [0.717, 1.165) is 31.9 Å². The van der Waals surface area contributed by atoms with Crippen LogP contribution >= 0.6 is 45.5 Å². The molecule has 0 fully saturated rings. The van der Waals surface area contributed by atoms with E-state index in [-0.39, 0.29) is 0 Å². The molecule has 0 aliphatic heterocycles. The largest absolute Gasteiger partial charge is 0.234 e. The number of fused-ring (bicyclic) bond motifs is 1. The van der Waals surface area contributed by atoms with Gasteiger partial charge < -0.3 is 0 Å². The van der Waals surface area contributed by atoms with Gasteiger partial charge in [-0.15, -0.1) is 10.2 Å². The summed E-state index contributed by atoms with van der Waals surface area (Å²) in [4.78, 5) is 0.808. The van der Waals surface area contributed by atoms with Gasteiger partial charge in [-0.1, -0.05) is 47.2 Å². The lowest BCUT2D eigenvalue weighted by molar-refractivity contribution is 0.854. The zero-order valence-corrected chi connectivity index (χ0v) is 15.5. The fourth-order valence-electron chi connectivity index (χ4n) is 2.29. The smallest absolute Gasteiger partial charge is 0.187 e. The molecule has 0 aliphatic rings. The van der Waals surface area contributed by atoms with E-state index >= 15 is 0 Å². The molecule has 0 aliphatic carbocycles. The molecule has 0 unspecified atom stereocenters. The Morgan fingerprint density at radius 1 is 1.09 bits per heavy atom. The van der Waals surface area contributed by atoms with E-state index in [1.807, 2.05) is 34.8 Å². The van der Waals surface area contributed by atoms with Gasteiger partial charge in [0.2, 0.25) is 4.96 Å². The average Bonchev–Trinajstić information content (AvgIpc) is 3.11. The van der Waals surface area contributed by atoms with Crippen molar-refractivity contribution in [2.75, 3.05) is 0 Å². The van der Waals surface area contributed by atoms with E-state index in [9.17, 15) is 0 Å². The van der Waals surface area contributed by atoms with Crippen LogP contribution < -0.4 is 0 Å². The van der Waals surface area contributed by atoms with Gasteiger partial charge in [-0.3, -0.25) is 0 Å². The van der Waals surface area contributed by atoms with Gasteiger partial charge in [-0.2, -0.15) is 9.61 Å². The van der Waals surface area contributed by atoms with Gasteiger partial charge in [0, 0.05) is 20.6 Å². The van der Waals surface area contributed by atoms with E-state index in [1.54, 1.807) is 11.3 Å². The predicted molar refractivity (Wildman–Crippen MR) is 101 cm³/mol. The van der Waals surface area contributed by atoms with Crippen LogP contribution in [0, 0.1) is 3.57 Å². The van der Waals surface area contributed by atoms with Crippen LogP contribution in [0.3, 0.4) is 0 Å². The highest BCUT2D eigenvalue weighted by molar-refractivity contribution is 14.1. The molecular formula is C16H10ClIN4S. The summed E-state index contributed by atoms with van der Waals surface area (Å²) < 4.78 is 3.02. The molecule has 0 bridgehead atoms. The third kappa shape index (κ3) is 3.11. The van der Waals surface area contributed by atoms with Crippen LogP contribution in [0.2, 0.25) is 5.02 Å². The minimum atomic E-state index is 0.674. The molecule has 0 N–H and O–H groups in total. The van der Waals surface area contributed by atoms with Crippen LogP contribution in [-0.2, 0) is 6.42 Å². The van der Waals surface area contributed by atoms with Crippen LogP contribution in [0.4, 0.5) is 0 Å². The monoisotopic (exact) mass is 452 g/mol. The normalized spacial score (nSPS) is 11.2. The minimum absolute atomic E-state index is 0.674. The van der Waals surface area contributed by atoms with Crippen molar-refractivity contribution in [2.45, 2.75) is 6.42 Å². The van der Waals surface area contributed by atoms with Crippen LogP contribution in [0.15, 0.2) is 48.5 Å². The fourth-order valence-corrected chi connectivity index (χ4v) is 3.81. The standard InChI is InChI=1S/C16H10ClIN4S/c17-12-6-4-10(5-7-12)8-14-19-20-16-22(14)21-15(23-16)11-2-1-3-13(18)9-11/h1-7,9H,8H2. The molecule has 0 amide bonds. The Morgan fingerprint density at radius 3 is 2.70 bits per heavy atom. The molecular weight excluding hydrogens is 443 g/mol. The number of benzene rings is 2. The maximum Gasteiger partial charge on any atom is 0.234 e. The Kier molecular flexibility index (Phi) is 4.04. The molecule has 0 saturated carbocycles. The molecule has 4 aromatic rings. The molecule has 0 radical (unpaired) electrons. The maximum absolute atomic E-state index is 5.93. The first-order valence-corrected chi connectivity index (χ1v) is 9.18. The first-order valence-electron chi connectivity index (χ1n) is 6.90. The Morgan fingerprint density at radius 2 is 1.91 bits per heavy atom. The van der Waals surface area contributed by atoms with Crippen LogP contribution in [-0.4, -0.2) is 19.8 Å². The number of aromatic nitrogens is 4. The zero-order valence-electron chi connectivity index (χ0n) is 11.8. The van der Waals surface area contributed by atoms with Gasteiger partial charge in [0.25, 0.3) is 0 Å². The summed E-state index contributed by atoms with van der Waals surface area (Å²) in [5.41, 5.74) is 2.23. The van der Waals surface area contributed by atoms with Crippen molar-refractivity contribution in [3.05, 3.63) is 68.5 Å². The lowest BCUT2D eigenvalue weighted by atomic mass is 10.1. The molecule has 2 heterocycles. The summed E-state index contributed by atoms with van der Waals surface area (Å²) in [6, 6.07) is 16.0. The van der Waals surface area contributed by atoms with Gasteiger partial charge in [0.1, 0.15) is 5.01 Å². The molecule has 0 spiro atoms. The van der Waals surface area contributed by atoms with Crippen LogP contribution in [0.1, 0.15) is 11.4 Å². The van der Waals surface area contributed by atoms with Crippen molar-refractivity contribution in [3.8, 4) is 10.6 Å². The van der Waals surface area contributed by atoms with Crippen LogP contribution in [0.5, 0.6) is 0 Å². The van der Waals surface area contributed by atoms with Crippen LogP contribution in [0.25, 0.3) is 15.5 Å². The summed E-state index contributed by atoms with van der Waals surface area (Å²) in [6.07, 6.45) is 0.674. The highest BCUT2D eigenvalue weighted by atomic mass is 127. The van der Waals surface area contributed by atoms with Crippen molar-refractivity contribution in [3.63, 3.8) is 0 Å². The third-order valence-corrected chi connectivity index (χ3v) is 5.27. The molecule has 0 atom stereocenters. The fraction of sp³-hybridized carbons (Fsp3) is 0.0625. The van der Waals surface area contributed by atoms with E-state index in [0.29, 0.717) is 6.42 Å². The Balaban J connectivity index is 1.70. The van der Waals surface area contributed by atoms with Gasteiger partial charge in [-0.05, 0) is 52.4 Å². The highest BCUT2D eigenvalue weighted by Gasteiger charge is 2.13. The highest BCUT2D eigenvalue weighted by Crippen LogP contribution is 2.27. The van der Waals surface area contributed by atoms with Gasteiger partial charge in [0.15, 0.2) is 5.82 Å². The SMILES string of the molecule is Clc1ccc(Cc2nnc3sc(-c4cccc(I)c4)nn23)cc1. The van der Waals surface area contributed by atoms with E-state index in [4.69, 9.17) is 11.6 Å². The van der Waals surface area contributed by atoms with Crippen molar-refractivity contribution in [2.24, 2.45) is 0 Å². The number of nitrogens with zero attached hydrogens (tertiary/aromatic N) is 4. The molecule has 114 valence electrons. The second-order valence-electron chi connectivity index (χ2n) is 5.03. The molecule has 4 nitrogen and oxygen atoms in total. The molecule has 7 heteroatoms. The number of rotatable bonds is 3. The number of hydrogen-bond acceptors (Lipinski definition) is 4. The molecule has 0 saturated heterocycles. The molecule has 2 aromatic heterocycles. The van der Waals surface area contributed by atoms with E-state index < -0.39 is 0 Å². The first kappa shape index (κ1) is 15.0. The lowest BCUT2D eigenvalue weighted by Crippen LogP contribution is -1.97. The zero-order chi connectivity index (χ0) is 15.8. The second kappa shape index (κ2) is 6.18. The van der Waals surface area contributed by atoms with Crippen molar-refractivity contribution < 1.29 is 0 Å². The topological polar surface area (TPSA) is 43.1 Å². The summed E-state index contributed by atoms with van der Waals surface area (Å²) >= 11 is 9.78. The molecule has 4 rings (SSSR count). The quantitative estimate of drug-likeness (QED) is 0.423. The summed E-state index contributed by atoms with van der Waals surface area (Å²) in [5.74, 6) is 0.829. The van der Waals surface area contributed by atoms with Crippen molar-refractivity contribution >= 4 is 50.5 Å².